The van der Waals surface area contributed by atoms with Crippen molar-refractivity contribution in [3.63, 3.8) is 0 Å². The van der Waals surface area contributed by atoms with Crippen molar-refractivity contribution >= 4 is 34.3 Å². The Kier molecular flexibility index (Phi) is 2.31. The maximum absolute atomic E-state index is 6.12. The van der Waals surface area contributed by atoms with E-state index in [-0.39, 0.29) is 0 Å². The third-order valence-corrected chi connectivity index (χ3v) is 2.89. The van der Waals surface area contributed by atoms with Crippen molar-refractivity contribution in [1.29, 1.82) is 0 Å². The van der Waals surface area contributed by atoms with Gasteiger partial charge < -0.3 is 16.5 Å². The molecule has 0 atom stereocenters. The first kappa shape index (κ1) is 10.8. The highest BCUT2D eigenvalue weighted by molar-refractivity contribution is 6.33. The van der Waals surface area contributed by atoms with Gasteiger partial charge in [-0.05, 0) is 18.2 Å². The Labute approximate surface area is 107 Å². The fourth-order valence-electron chi connectivity index (χ4n) is 1.70. The number of nitrogen functional groups attached to an aromatic ring is 2. The fraction of sp³-hybridized carbons (Fsp3) is 0. The van der Waals surface area contributed by atoms with Crippen LogP contribution in [0.1, 0.15) is 0 Å². The Morgan fingerprint density at radius 1 is 1.17 bits per heavy atom. The number of imidazole rings is 1. The molecule has 0 aliphatic carbocycles. The minimum absolute atomic E-state index is 0.346. The summed E-state index contributed by atoms with van der Waals surface area (Å²) in [6, 6.07) is 5.18. The van der Waals surface area contributed by atoms with Gasteiger partial charge in [-0.15, -0.1) is 0 Å². The van der Waals surface area contributed by atoms with Crippen molar-refractivity contribution in [1.82, 2.24) is 19.9 Å². The van der Waals surface area contributed by atoms with Gasteiger partial charge in [0.15, 0.2) is 11.5 Å². The Morgan fingerprint density at radius 3 is 2.78 bits per heavy atom. The van der Waals surface area contributed by atoms with Gasteiger partial charge in [0.05, 0.1) is 5.02 Å². The first-order valence-corrected chi connectivity index (χ1v) is 5.54. The molecule has 18 heavy (non-hydrogen) atoms. The first-order chi connectivity index (χ1) is 8.65. The van der Waals surface area contributed by atoms with Crippen LogP contribution in [-0.4, -0.2) is 19.9 Å². The van der Waals surface area contributed by atoms with E-state index in [1.807, 2.05) is 0 Å². The summed E-state index contributed by atoms with van der Waals surface area (Å²) in [5, 5.41) is 0.551. The maximum atomic E-state index is 6.12. The third kappa shape index (κ3) is 1.63. The second kappa shape index (κ2) is 3.85. The minimum atomic E-state index is 0.346. The molecule has 1 aromatic carbocycles. The predicted octanol–water partition coefficient (Wildman–Crippen LogP) is 1.84. The number of aromatic nitrogens is 4. The molecule has 0 aliphatic rings. The molecule has 0 saturated carbocycles. The largest absolute Gasteiger partial charge is 0.399 e. The van der Waals surface area contributed by atoms with Gasteiger partial charge >= 0.3 is 0 Å². The average molecular weight is 261 g/mol. The van der Waals surface area contributed by atoms with E-state index < -0.39 is 0 Å². The number of hydrogen-bond acceptors (Lipinski definition) is 5. The number of H-pyrrole nitrogens is 1. The van der Waals surface area contributed by atoms with Crippen LogP contribution in [0.25, 0.3) is 22.6 Å². The summed E-state index contributed by atoms with van der Waals surface area (Å²) in [4.78, 5) is 15.3. The molecular weight excluding hydrogens is 252 g/mol. The molecule has 6 nitrogen and oxygen atoms in total. The van der Waals surface area contributed by atoms with Crippen molar-refractivity contribution in [2.75, 3.05) is 11.5 Å². The number of nitrogens with zero attached hydrogens (tertiary/aromatic N) is 3. The molecular formula is C11H9ClN6. The van der Waals surface area contributed by atoms with Crippen LogP contribution in [0.2, 0.25) is 5.02 Å². The highest BCUT2D eigenvalue weighted by Crippen LogP contribution is 2.29. The van der Waals surface area contributed by atoms with Gasteiger partial charge in [0.2, 0.25) is 0 Å². The summed E-state index contributed by atoms with van der Waals surface area (Å²) in [6.07, 6.45) is 1.36. The monoisotopic (exact) mass is 260 g/mol. The van der Waals surface area contributed by atoms with Crippen LogP contribution in [0.3, 0.4) is 0 Å². The molecule has 5 N–H and O–H groups in total. The minimum Gasteiger partial charge on any atom is -0.399 e. The highest BCUT2D eigenvalue weighted by Gasteiger charge is 2.11. The smallest absolute Gasteiger partial charge is 0.183 e. The van der Waals surface area contributed by atoms with Gasteiger partial charge in [-0.25, -0.2) is 15.0 Å². The Hall–Kier alpha value is -2.34. The molecule has 0 radical (unpaired) electrons. The van der Waals surface area contributed by atoms with Crippen LogP contribution in [0.15, 0.2) is 24.5 Å². The molecule has 0 unspecified atom stereocenters. The zero-order valence-corrected chi connectivity index (χ0v) is 9.94. The van der Waals surface area contributed by atoms with Gasteiger partial charge in [0.1, 0.15) is 17.7 Å². The molecule has 7 heteroatoms. The van der Waals surface area contributed by atoms with Crippen LogP contribution in [0.5, 0.6) is 0 Å². The summed E-state index contributed by atoms with van der Waals surface area (Å²) in [6.45, 7) is 0. The number of anilines is 2. The Bertz CT molecular complexity index is 735. The van der Waals surface area contributed by atoms with E-state index in [0.717, 1.165) is 0 Å². The van der Waals surface area contributed by atoms with Gasteiger partial charge in [-0.2, -0.15) is 0 Å². The quantitative estimate of drug-likeness (QED) is 0.579. The van der Waals surface area contributed by atoms with E-state index in [9.17, 15) is 0 Å². The lowest BCUT2D eigenvalue weighted by molar-refractivity contribution is 1.21. The number of nitrogens with two attached hydrogens (primary N) is 2. The molecule has 3 rings (SSSR count). The lowest BCUT2D eigenvalue weighted by atomic mass is 10.2. The molecule has 2 heterocycles. The lowest BCUT2D eigenvalue weighted by Crippen LogP contribution is -1.91. The van der Waals surface area contributed by atoms with Crippen LogP contribution in [0.4, 0.5) is 11.5 Å². The Morgan fingerprint density at radius 2 is 2.00 bits per heavy atom. The molecule has 0 spiro atoms. The molecule has 2 aromatic heterocycles. The van der Waals surface area contributed by atoms with Crippen molar-refractivity contribution in [2.24, 2.45) is 0 Å². The van der Waals surface area contributed by atoms with Gasteiger partial charge in [-0.1, -0.05) is 11.6 Å². The van der Waals surface area contributed by atoms with Crippen LogP contribution in [0, 0.1) is 0 Å². The number of hydrogen-bond donors (Lipinski definition) is 3. The van der Waals surface area contributed by atoms with Gasteiger partial charge in [0, 0.05) is 11.3 Å². The number of halogens is 1. The number of fused-ring (bicyclic) bond motifs is 1. The zero-order chi connectivity index (χ0) is 12.7. The van der Waals surface area contributed by atoms with Crippen LogP contribution in [-0.2, 0) is 0 Å². The molecule has 3 aromatic rings. The average Bonchev–Trinajstić information content (AvgIpc) is 2.77. The summed E-state index contributed by atoms with van der Waals surface area (Å²) in [7, 11) is 0. The van der Waals surface area contributed by atoms with Gasteiger partial charge in [0.25, 0.3) is 0 Å². The number of benzene rings is 1. The molecule has 0 bridgehead atoms. The van der Waals surface area contributed by atoms with Crippen LogP contribution >= 0.6 is 11.6 Å². The molecule has 0 aliphatic heterocycles. The zero-order valence-electron chi connectivity index (χ0n) is 9.18. The number of aromatic amines is 1. The third-order valence-electron chi connectivity index (χ3n) is 2.56. The van der Waals surface area contributed by atoms with E-state index in [1.54, 1.807) is 18.2 Å². The molecule has 0 amide bonds. The van der Waals surface area contributed by atoms with E-state index in [1.165, 1.54) is 6.33 Å². The van der Waals surface area contributed by atoms with E-state index in [2.05, 4.69) is 19.9 Å². The fourth-order valence-corrected chi connectivity index (χ4v) is 1.91. The number of nitrogens with one attached hydrogen (secondary N) is 1. The number of rotatable bonds is 1. The van der Waals surface area contributed by atoms with E-state index >= 15 is 0 Å². The van der Waals surface area contributed by atoms with E-state index in [4.69, 9.17) is 23.1 Å². The van der Waals surface area contributed by atoms with E-state index in [0.29, 0.717) is 39.1 Å². The molecule has 0 fully saturated rings. The predicted molar refractivity (Wildman–Crippen MR) is 71.0 cm³/mol. The lowest BCUT2D eigenvalue weighted by Gasteiger charge is -2.01. The normalized spacial score (nSPS) is 10.9. The second-order valence-corrected chi connectivity index (χ2v) is 4.19. The second-order valence-electron chi connectivity index (χ2n) is 3.78. The molecule has 0 saturated heterocycles. The topological polar surface area (TPSA) is 106 Å². The summed E-state index contributed by atoms with van der Waals surface area (Å²) < 4.78 is 0. The van der Waals surface area contributed by atoms with Crippen LogP contribution < -0.4 is 11.5 Å². The van der Waals surface area contributed by atoms with Crippen molar-refractivity contribution in [3.05, 3.63) is 29.5 Å². The first-order valence-electron chi connectivity index (χ1n) is 5.17. The summed E-state index contributed by atoms with van der Waals surface area (Å²) in [5.74, 6) is 0.910. The SMILES string of the molecule is Nc1ccc(Cl)c(-c2nc3ncnc(N)c3[nH]2)c1. The van der Waals surface area contributed by atoms with Crippen molar-refractivity contribution in [3.8, 4) is 11.4 Å². The Balaban J connectivity index is 2.26. The summed E-state index contributed by atoms with van der Waals surface area (Å²) >= 11 is 6.12. The summed E-state index contributed by atoms with van der Waals surface area (Å²) in [5.41, 5.74) is 13.9. The van der Waals surface area contributed by atoms with Gasteiger partial charge in [-0.3, -0.25) is 0 Å². The van der Waals surface area contributed by atoms with Crippen molar-refractivity contribution in [2.45, 2.75) is 0 Å². The van der Waals surface area contributed by atoms with Crippen molar-refractivity contribution < 1.29 is 0 Å². The maximum Gasteiger partial charge on any atom is 0.183 e. The standard InChI is InChI=1S/C11H9ClN6/c12-7-2-1-5(13)3-6(7)10-17-8-9(14)15-4-16-11(8)18-10/h1-4H,13H2,(H3,14,15,16,17,18). The highest BCUT2D eigenvalue weighted by atomic mass is 35.5. The molecule has 90 valence electrons.